The van der Waals surface area contributed by atoms with Crippen LogP contribution in [0.5, 0.6) is 0 Å². The van der Waals surface area contributed by atoms with E-state index < -0.39 is 0 Å². The van der Waals surface area contributed by atoms with Crippen LogP contribution in [0.3, 0.4) is 0 Å². The summed E-state index contributed by atoms with van der Waals surface area (Å²) < 4.78 is 0. The van der Waals surface area contributed by atoms with Crippen LogP contribution >= 0.6 is 11.8 Å². The van der Waals surface area contributed by atoms with Crippen molar-refractivity contribution in [3.05, 3.63) is 0 Å². The Kier molecular flexibility index (Phi) is 4.38. The molecule has 2 heteroatoms. The van der Waals surface area contributed by atoms with Gasteiger partial charge in [0.05, 0.1) is 6.61 Å². The maximum absolute atomic E-state index is 10.1. The molecule has 0 N–H and O–H groups in total. The summed E-state index contributed by atoms with van der Waals surface area (Å²) in [5.41, 5.74) is 0. The van der Waals surface area contributed by atoms with E-state index in [1.165, 1.54) is 0 Å². The molecule has 0 saturated carbocycles. The lowest BCUT2D eigenvalue weighted by Crippen LogP contribution is -2.04. The van der Waals surface area contributed by atoms with Gasteiger partial charge in [-0.15, -0.1) is 0 Å². The highest BCUT2D eigenvalue weighted by atomic mass is 32.2. The molecule has 0 amide bonds. The second-order valence-corrected chi connectivity index (χ2v) is 4.18. The van der Waals surface area contributed by atoms with Gasteiger partial charge >= 0.3 is 0 Å². The normalized spacial score (nSPS) is 14.6. The number of thioether (sulfide) groups is 1. The highest BCUT2D eigenvalue weighted by molar-refractivity contribution is 8.00. The van der Waals surface area contributed by atoms with Gasteiger partial charge < -0.3 is 0 Å². The fraction of sp³-hybridized carbons (Fsp3) is 1.00. The second-order valence-electron chi connectivity index (χ2n) is 2.16. The van der Waals surface area contributed by atoms with Gasteiger partial charge in [0.15, 0.2) is 0 Å². The Bertz CT molecular complexity index is 54.5. The first kappa shape index (κ1) is 8.31. The molecular formula is C6H13OS. The molecule has 0 aromatic rings. The van der Waals surface area contributed by atoms with E-state index in [2.05, 4.69) is 13.8 Å². The van der Waals surface area contributed by atoms with Crippen molar-refractivity contribution < 1.29 is 5.11 Å². The van der Waals surface area contributed by atoms with Gasteiger partial charge in [-0.2, -0.15) is 11.8 Å². The smallest absolute Gasteiger partial charge is 0.0938 e. The maximum Gasteiger partial charge on any atom is 0.0938 e. The largest absolute Gasteiger partial charge is 0.236 e. The average Bonchev–Trinajstić information content (AvgIpc) is 1.65. The van der Waals surface area contributed by atoms with E-state index in [4.69, 9.17) is 0 Å². The molecule has 0 rings (SSSR count). The average molecular weight is 133 g/mol. The van der Waals surface area contributed by atoms with Crippen LogP contribution in [0, 0.1) is 0 Å². The van der Waals surface area contributed by atoms with E-state index in [-0.39, 0.29) is 11.9 Å². The van der Waals surface area contributed by atoms with Crippen molar-refractivity contribution >= 4 is 11.8 Å². The van der Waals surface area contributed by atoms with Crippen molar-refractivity contribution in [2.45, 2.75) is 31.3 Å². The summed E-state index contributed by atoms with van der Waals surface area (Å²) in [5, 5.41) is 11.0. The summed E-state index contributed by atoms with van der Waals surface area (Å²) in [6, 6.07) is 0. The molecular weight excluding hydrogens is 120 g/mol. The predicted molar refractivity (Wildman–Crippen MR) is 37.7 cm³/mol. The zero-order valence-corrected chi connectivity index (χ0v) is 6.49. The van der Waals surface area contributed by atoms with E-state index in [0.29, 0.717) is 5.25 Å². The standard InChI is InChI=1S/C6H13OS/c1-5(2)8-6(3)4-7/h5-6H,4H2,1-3H3. The fourth-order valence-corrected chi connectivity index (χ4v) is 1.51. The van der Waals surface area contributed by atoms with Crippen LogP contribution in [0.1, 0.15) is 20.8 Å². The van der Waals surface area contributed by atoms with Crippen LogP contribution in [0.25, 0.3) is 0 Å². The number of hydrogen-bond donors (Lipinski definition) is 0. The van der Waals surface area contributed by atoms with Crippen LogP contribution in [0.15, 0.2) is 0 Å². The molecule has 1 radical (unpaired) electrons. The number of rotatable bonds is 3. The molecule has 1 atom stereocenters. The SMILES string of the molecule is CC(C)SC(C)C[O]. The van der Waals surface area contributed by atoms with Gasteiger partial charge in [-0.05, 0) is 5.25 Å². The van der Waals surface area contributed by atoms with Crippen molar-refractivity contribution in [1.82, 2.24) is 0 Å². The Morgan fingerprint density at radius 1 is 1.38 bits per heavy atom. The van der Waals surface area contributed by atoms with Gasteiger partial charge in [0.1, 0.15) is 0 Å². The van der Waals surface area contributed by atoms with Crippen LogP contribution in [-0.4, -0.2) is 17.1 Å². The molecule has 0 aromatic heterocycles. The molecule has 0 aromatic carbocycles. The Balaban J connectivity index is 3.10. The minimum atomic E-state index is 0.0445. The maximum atomic E-state index is 10.1. The van der Waals surface area contributed by atoms with Gasteiger partial charge in [0.2, 0.25) is 0 Å². The van der Waals surface area contributed by atoms with Crippen molar-refractivity contribution in [3.63, 3.8) is 0 Å². The van der Waals surface area contributed by atoms with E-state index in [9.17, 15) is 5.11 Å². The molecule has 49 valence electrons. The molecule has 8 heavy (non-hydrogen) atoms. The minimum Gasteiger partial charge on any atom is -0.236 e. The summed E-state index contributed by atoms with van der Waals surface area (Å²) in [5.74, 6) is 0. The molecule has 0 bridgehead atoms. The van der Waals surface area contributed by atoms with Gasteiger partial charge in [-0.1, -0.05) is 20.8 Å². The highest BCUT2D eigenvalue weighted by Gasteiger charge is 2.02. The lowest BCUT2D eigenvalue weighted by Gasteiger charge is -2.08. The molecule has 0 saturated heterocycles. The molecule has 0 aliphatic rings. The predicted octanol–water partition coefficient (Wildman–Crippen LogP) is 1.95. The van der Waals surface area contributed by atoms with Crippen LogP contribution in [-0.2, 0) is 5.11 Å². The van der Waals surface area contributed by atoms with E-state index in [0.717, 1.165) is 0 Å². The summed E-state index contributed by atoms with van der Waals surface area (Å²) >= 11 is 1.74. The van der Waals surface area contributed by atoms with Crippen LogP contribution in [0.4, 0.5) is 0 Å². The van der Waals surface area contributed by atoms with Crippen LogP contribution < -0.4 is 0 Å². The Labute approximate surface area is 55.5 Å². The van der Waals surface area contributed by atoms with Gasteiger partial charge in [0.25, 0.3) is 0 Å². The lowest BCUT2D eigenvalue weighted by molar-refractivity contribution is 0.197. The summed E-state index contributed by atoms with van der Waals surface area (Å²) in [6.45, 7) is 6.23. The zero-order chi connectivity index (χ0) is 6.57. The second kappa shape index (κ2) is 4.21. The first-order valence-corrected chi connectivity index (χ1v) is 3.84. The monoisotopic (exact) mass is 133 g/mol. The summed E-state index contributed by atoms with van der Waals surface area (Å²) in [7, 11) is 0. The molecule has 0 aliphatic carbocycles. The van der Waals surface area contributed by atoms with Gasteiger partial charge in [0, 0.05) is 5.25 Å². The quantitative estimate of drug-likeness (QED) is 0.576. The van der Waals surface area contributed by atoms with E-state index in [1.54, 1.807) is 11.8 Å². The summed E-state index contributed by atoms with van der Waals surface area (Å²) in [6.07, 6.45) is 0. The van der Waals surface area contributed by atoms with Crippen molar-refractivity contribution in [2.24, 2.45) is 0 Å². The third-order valence-corrected chi connectivity index (χ3v) is 1.88. The summed E-state index contributed by atoms with van der Waals surface area (Å²) in [4.78, 5) is 0. The molecule has 0 heterocycles. The van der Waals surface area contributed by atoms with Gasteiger partial charge in [-0.3, -0.25) is 0 Å². The Morgan fingerprint density at radius 2 is 1.88 bits per heavy atom. The first-order valence-electron chi connectivity index (χ1n) is 2.90. The lowest BCUT2D eigenvalue weighted by atomic mass is 10.5. The van der Waals surface area contributed by atoms with E-state index >= 15 is 0 Å². The highest BCUT2D eigenvalue weighted by Crippen LogP contribution is 2.15. The Hall–Kier alpha value is 0.310. The Morgan fingerprint density at radius 3 is 2.00 bits per heavy atom. The topological polar surface area (TPSA) is 19.9 Å². The molecule has 1 unspecified atom stereocenters. The van der Waals surface area contributed by atoms with Crippen molar-refractivity contribution in [3.8, 4) is 0 Å². The van der Waals surface area contributed by atoms with E-state index in [1.807, 2.05) is 6.92 Å². The zero-order valence-electron chi connectivity index (χ0n) is 5.68. The minimum absolute atomic E-state index is 0.0445. The fourth-order valence-electron chi connectivity index (χ4n) is 0.504. The number of hydrogen-bond acceptors (Lipinski definition) is 1. The molecule has 0 aliphatic heterocycles. The molecule has 0 fully saturated rings. The third-order valence-electron chi connectivity index (χ3n) is 0.739. The van der Waals surface area contributed by atoms with Crippen LogP contribution in [0.2, 0.25) is 0 Å². The molecule has 0 spiro atoms. The molecule has 1 nitrogen and oxygen atoms in total. The third kappa shape index (κ3) is 4.47. The first-order chi connectivity index (χ1) is 3.66. The van der Waals surface area contributed by atoms with Crippen molar-refractivity contribution in [1.29, 1.82) is 0 Å². The van der Waals surface area contributed by atoms with Gasteiger partial charge in [-0.25, -0.2) is 5.11 Å². The van der Waals surface area contributed by atoms with Crippen molar-refractivity contribution in [2.75, 3.05) is 6.61 Å².